The standard InChI is InChI=1S/5C2H4O2.Na.Zn.H/c5*1-2(3)4;;;/h5*1H3,(H,3,4);;;/q;;;;;+1;;-1. The van der Waals surface area contributed by atoms with Gasteiger partial charge in [0.25, 0.3) is 29.8 Å². The molecule has 0 rings (SSSR count). The molecule has 0 radical (unpaired) electrons. The van der Waals surface area contributed by atoms with E-state index in [0.717, 1.165) is 34.6 Å². The van der Waals surface area contributed by atoms with E-state index in [1.165, 1.54) is 0 Å². The smallest absolute Gasteiger partial charge is 1.00 e. The summed E-state index contributed by atoms with van der Waals surface area (Å²) in [6.45, 7) is 5.42. The molecule has 0 spiro atoms. The Bertz CT molecular complexity index is 222. The van der Waals surface area contributed by atoms with Crippen molar-refractivity contribution in [1.29, 1.82) is 0 Å². The number of rotatable bonds is 0. The van der Waals surface area contributed by atoms with Gasteiger partial charge in [-0.3, -0.25) is 24.0 Å². The van der Waals surface area contributed by atoms with Gasteiger partial charge in [0.15, 0.2) is 0 Å². The van der Waals surface area contributed by atoms with E-state index in [0.29, 0.717) is 0 Å². The van der Waals surface area contributed by atoms with Crippen molar-refractivity contribution >= 4 is 29.8 Å². The van der Waals surface area contributed by atoms with Crippen molar-refractivity contribution in [3.8, 4) is 0 Å². The van der Waals surface area contributed by atoms with Crippen LogP contribution in [0.4, 0.5) is 0 Å². The predicted octanol–water partition coefficient (Wildman–Crippen LogP) is -2.43. The first-order valence-electron chi connectivity index (χ1n) is 4.64. The second kappa shape index (κ2) is 36.8. The molecule has 0 unspecified atom stereocenters. The Morgan fingerprint density at radius 1 is 0.500 bits per heavy atom. The number of hydrogen-bond donors (Lipinski definition) is 5. The fourth-order valence-corrected chi connectivity index (χ4v) is 0. The SMILES string of the molecule is CC(=O)O.CC(=O)O.CC(=O)O.CC(=O)O.CC(=O)O.[H-].[Na+].[Zn]. The van der Waals surface area contributed by atoms with Crippen LogP contribution in [-0.2, 0) is 43.5 Å². The third-order valence-corrected chi connectivity index (χ3v) is 0. The van der Waals surface area contributed by atoms with Gasteiger partial charge in [-0.1, -0.05) is 0 Å². The number of carboxylic acids is 5. The molecule has 0 heterocycles. The second-order valence-electron chi connectivity index (χ2n) is 2.60. The molecule has 0 fully saturated rings. The van der Waals surface area contributed by atoms with E-state index in [1.54, 1.807) is 0 Å². The summed E-state index contributed by atoms with van der Waals surface area (Å²) in [5.41, 5.74) is 0. The number of hydrogen-bond acceptors (Lipinski definition) is 5. The Balaban J connectivity index is -0.0000000197. The van der Waals surface area contributed by atoms with Gasteiger partial charge < -0.3 is 27.0 Å². The van der Waals surface area contributed by atoms with E-state index in [9.17, 15) is 0 Å². The number of aliphatic carboxylic acids is 5. The summed E-state index contributed by atoms with van der Waals surface area (Å²) in [6, 6.07) is 0. The second-order valence-corrected chi connectivity index (χ2v) is 2.60. The summed E-state index contributed by atoms with van der Waals surface area (Å²) in [5, 5.41) is 37.1. The van der Waals surface area contributed by atoms with Crippen LogP contribution < -0.4 is 29.6 Å². The normalized spacial score (nSPS) is 5.68. The van der Waals surface area contributed by atoms with Gasteiger partial charge in [0.2, 0.25) is 0 Å². The first-order valence-corrected chi connectivity index (χ1v) is 4.64. The minimum Gasteiger partial charge on any atom is -1.00 e. The van der Waals surface area contributed by atoms with E-state index in [4.69, 9.17) is 49.5 Å². The predicted molar refractivity (Wildman–Crippen MR) is 67.7 cm³/mol. The Morgan fingerprint density at radius 3 is 0.500 bits per heavy atom. The van der Waals surface area contributed by atoms with Gasteiger partial charge in [0, 0.05) is 54.1 Å². The molecule has 0 aliphatic heterocycles. The molecule has 0 aromatic rings. The van der Waals surface area contributed by atoms with Crippen molar-refractivity contribution in [3.05, 3.63) is 0 Å². The average molecular weight is 390 g/mol. The van der Waals surface area contributed by atoms with Crippen LogP contribution in [0.15, 0.2) is 0 Å². The summed E-state index contributed by atoms with van der Waals surface area (Å²) in [5.74, 6) is -4.17. The molecule has 22 heavy (non-hydrogen) atoms. The molecule has 0 bridgehead atoms. The minimum absolute atomic E-state index is 0. The zero-order valence-corrected chi connectivity index (χ0v) is 18.5. The topological polar surface area (TPSA) is 186 Å². The molecule has 5 N–H and O–H groups in total. The summed E-state index contributed by atoms with van der Waals surface area (Å²) >= 11 is 0. The van der Waals surface area contributed by atoms with Crippen LogP contribution >= 0.6 is 0 Å². The van der Waals surface area contributed by atoms with Crippen LogP contribution in [0.5, 0.6) is 0 Å². The Labute approximate surface area is 164 Å². The molecule has 0 atom stereocenters. The van der Waals surface area contributed by atoms with Crippen LogP contribution in [0.1, 0.15) is 36.0 Å². The van der Waals surface area contributed by atoms with Gasteiger partial charge in [-0.15, -0.1) is 0 Å². The molecule has 0 aliphatic carbocycles. The zero-order chi connectivity index (χ0) is 17.9. The number of carboxylic acid groups (broad SMARTS) is 5. The zero-order valence-electron chi connectivity index (χ0n) is 14.5. The van der Waals surface area contributed by atoms with Crippen molar-refractivity contribution in [1.82, 2.24) is 0 Å². The molecule has 0 saturated heterocycles. The molecular weight excluding hydrogens is 368 g/mol. The molecular formula is C10H21NaO10Zn. The Kier molecular flexibility index (Phi) is 71.7. The first-order chi connectivity index (χ1) is 8.66. The first kappa shape index (κ1) is 42.9. The van der Waals surface area contributed by atoms with E-state index in [-0.39, 0.29) is 50.5 Å². The summed E-state index contributed by atoms with van der Waals surface area (Å²) < 4.78 is 0. The third kappa shape index (κ3) is 5820. The molecule has 0 amide bonds. The maximum atomic E-state index is 9.00. The molecule has 0 aromatic carbocycles. The average Bonchev–Trinajstić information content (AvgIpc) is 1.94. The van der Waals surface area contributed by atoms with Crippen molar-refractivity contribution in [2.24, 2.45) is 0 Å². The molecule has 0 saturated carbocycles. The Hall–Kier alpha value is -1.03. The van der Waals surface area contributed by atoms with Gasteiger partial charge >= 0.3 is 29.6 Å². The van der Waals surface area contributed by atoms with Crippen LogP contribution in [0, 0.1) is 0 Å². The summed E-state index contributed by atoms with van der Waals surface area (Å²) in [6.07, 6.45) is 0. The van der Waals surface area contributed by atoms with Crippen molar-refractivity contribution in [2.45, 2.75) is 34.6 Å². The molecule has 12 heteroatoms. The van der Waals surface area contributed by atoms with Crippen LogP contribution in [-0.4, -0.2) is 55.4 Å². The minimum atomic E-state index is -0.833. The monoisotopic (exact) mass is 388 g/mol. The quantitative estimate of drug-likeness (QED) is 0.279. The molecule has 0 aromatic heterocycles. The Morgan fingerprint density at radius 2 is 0.500 bits per heavy atom. The van der Waals surface area contributed by atoms with E-state index in [1.807, 2.05) is 0 Å². The van der Waals surface area contributed by atoms with Crippen molar-refractivity contribution in [3.63, 3.8) is 0 Å². The van der Waals surface area contributed by atoms with E-state index >= 15 is 0 Å². The van der Waals surface area contributed by atoms with E-state index < -0.39 is 29.8 Å². The van der Waals surface area contributed by atoms with Gasteiger partial charge in [-0.05, 0) is 0 Å². The summed E-state index contributed by atoms with van der Waals surface area (Å²) in [4.78, 5) is 45.0. The fraction of sp³-hybridized carbons (Fsp3) is 0.500. The number of carbonyl (C=O) groups is 5. The molecule has 124 valence electrons. The van der Waals surface area contributed by atoms with Crippen LogP contribution in [0.2, 0.25) is 0 Å². The van der Waals surface area contributed by atoms with Gasteiger partial charge in [0.1, 0.15) is 0 Å². The van der Waals surface area contributed by atoms with Crippen LogP contribution in [0.3, 0.4) is 0 Å². The maximum Gasteiger partial charge on any atom is 1.00 e. The van der Waals surface area contributed by atoms with Gasteiger partial charge in [-0.25, -0.2) is 0 Å². The molecule has 10 nitrogen and oxygen atoms in total. The van der Waals surface area contributed by atoms with Gasteiger partial charge in [-0.2, -0.15) is 0 Å². The van der Waals surface area contributed by atoms with Crippen LogP contribution in [0.25, 0.3) is 0 Å². The summed E-state index contributed by atoms with van der Waals surface area (Å²) in [7, 11) is 0. The largest absolute Gasteiger partial charge is 1.00 e. The van der Waals surface area contributed by atoms with Crippen molar-refractivity contribution in [2.75, 3.05) is 0 Å². The fourth-order valence-electron chi connectivity index (χ4n) is 0. The van der Waals surface area contributed by atoms with Crippen molar-refractivity contribution < 1.29 is 100.0 Å². The maximum absolute atomic E-state index is 9.00. The third-order valence-electron chi connectivity index (χ3n) is 0. The van der Waals surface area contributed by atoms with E-state index in [2.05, 4.69) is 0 Å². The van der Waals surface area contributed by atoms with Gasteiger partial charge in [0.05, 0.1) is 0 Å². The molecule has 0 aliphatic rings.